The lowest BCUT2D eigenvalue weighted by Crippen LogP contribution is -2.28. The monoisotopic (exact) mass is 336 g/mol. The fourth-order valence-corrected chi connectivity index (χ4v) is 2.89. The molecule has 1 aromatic carbocycles. The molecule has 0 saturated heterocycles. The van der Waals surface area contributed by atoms with Crippen molar-refractivity contribution >= 4 is 17.4 Å². The Bertz CT molecular complexity index is 960. The maximum absolute atomic E-state index is 12.7. The number of benzene rings is 1. The molecule has 0 atom stereocenters. The van der Waals surface area contributed by atoms with Crippen LogP contribution in [0.3, 0.4) is 0 Å². The van der Waals surface area contributed by atoms with Crippen LogP contribution in [0.15, 0.2) is 47.4 Å². The predicted molar refractivity (Wildman–Crippen MR) is 92.6 cm³/mol. The molecule has 3 heterocycles. The maximum atomic E-state index is 12.7. The lowest BCUT2D eigenvalue weighted by molar-refractivity contribution is 0.0989. The van der Waals surface area contributed by atoms with E-state index >= 15 is 0 Å². The number of hydrogen-bond acceptors (Lipinski definition) is 5. The van der Waals surface area contributed by atoms with E-state index in [4.69, 9.17) is 0 Å². The second-order valence-electron chi connectivity index (χ2n) is 5.75. The Labute approximate surface area is 142 Å². The molecule has 0 fully saturated rings. The van der Waals surface area contributed by atoms with E-state index in [9.17, 15) is 9.59 Å². The molecule has 8 nitrogen and oxygen atoms in total. The van der Waals surface area contributed by atoms with Gasteiger partial charge < -0.3 is 10.2 Å². The van der Waals surface area contributed by atoms with Crippen molar-refractivity contribution in [3.8, 4) is 0 Å². The van der Waals surface area contributed by atoms with E-state index < -0.39 is 0 Å². The number of rotatable bonds is 4. The van der Waals surface area contributed by atoms with Gasteiger partial charge in [0.2, 0.25) is 0 Å². The topological polar surface area (TPSA) is 107 Å². The molecule has 8 heteroatoms. The molecule has 3 aromatic rings. The summed E-state index contributed by atoms with van der Waals surface area (Å²) < 4.78 is 0. The first-order valence-electron chi connectivity index (χ1n) is 7.94. The van der Waals surface area contributed by atoms with Gasteiger partial charge in [0.1, 0.15) is 11.6 Å². The molecular formula is C17H16N6O2. The number of nitrogens with one attached hydrogen (secondary N) is 3. The zero-order chi connectivity index (χ0) is 17.2. The molecule has 1 aliphatic heterocycles. The Hall–Kier alpha value is -3.42. The zero-order valence-corrected chi connectivity index (χ0v) is 13.3. The summed E-state index contributed by atoms with van der Waals surface area (Å²) in [6.45, 7) is 1.02. The fourth-order valence-electron chi connectivity index (χ4n) is 2.89. The summed E-state index contributed by atoms with van der Waals surface area (Å²) in [7, 11) is 0. The van der Waals surface area contributed by atoms with E-state index in [0.717, 1.165) is 12.1 Å². The molecule has 0 unspecified atom stereocenters. The molecule has 0 radical (unpaired) electrons. The number of anilines is 2. The largest absolute Gasteiger partial charge is 0.363 e. The molecule has 1 aliphatic rings. The van der Waals surface area contributed by atoms with E-state index in [1.54, 1.807) is 23.2 Å². The van der Waals surface area contributed by atoms with Gasteiger partial charge in [-0.3, -0.25) is 9.78 Å². The highest BCUT2D eigenvalue weighted by Gasteiger charge is 2.25. The fraction of sp³-hybridized carbons (Fsp3) is 0.176. The molecule has 0 spiro atoms. The van der Waals surface area contributed by atoms with Gasteiger partial charge in [-0.1, -0.05) is 18.2 Å². The van der Waals surface area contributed by atoms with Crippen LogP contribution in [0.1, 0.15) is 21.7 Å². The van der Waals surface area contributed by atoms with Crippen LogP contribution in [0.5, 0.6) is 0 Å². The minimum Gasteiger partial charge on any atom is -0.363 e. The highest BCUT2D eigenvalue weighted by molar-refractivity contribution is 6.07. The van der Waals surface area contributed by atoms with Crippen LogP contribution in [0.4, 0.5) is 11.5 Å². The van der Waals surface area contributed by atoms with Crippen LogP contribution in [0.25, 0.3) is 0 Å². The molecule has 0 bridgehead atoms. The third-order valence-electron chi connectivity index (χ3n) is 4.13. The molecule has 4 rings (SSSR count). The number of hydrogen-bond donors (Lipinski definition) is 3. The van der Waals surface area contributed by atoms with Crippen molar-refractivity contribution in [3.63, 3.8) is 0 Å². The second-order valence-corrected chi connectivity index (χ2v) is 5.75. The van der Waals surface area contributed by atoms with E-state index in [2.05, 4.69) is 25.5 Å². The highest BCUT2D eigenvalue weighted by atomic mass is 16.2. The van der Waals surface area contributed by atoms with Gasteiger partial charge >= 0.3 is 5.69 Å². The number of nitrogens with zero attached hydrogens (tertiary/aromatic N) is 3. The molecule has 2 aromatic heterocycles. The number of pyridine rings is 1. The van der Waals surface area contributed by atoms with Crippen molar-refractivity contribution in [2.75, 3.05) is 16.8 Å². The van der Waals surface area contributed by atoms with Gasteiger partial charge in [0.05, 0.1) is 12.1 Å². The molecule has 0 aliphatic carbocycles. The molecule has 25 heavy (non-hydrogen) atoms. The Morgan fingerprint density at radius 3 is 2.88 bits per heavy atom. The van der Waals surface area contributed by atoms with Crippen molar-refractivity contribution in [2.45, 2.75) is 13.0 Å². The highest BCUT2D eigenvalue weighted by Crippen LogP contribution is 2.28. The number of para-hydroxylation sites is 1. The van der Waals surface area contributed by atoms with Crippen LogP contribution in [-0.2, 0) is 13.0 Å². The number of aromatic nitrogens is 4. The quantitative estimate of drug-likeness (QED) is 0.666. The van der Waals surface area contributed by atoms with Crippen LogP contribution >= 0.6 is 0 Å². The Kier molecular flexibility index (Phi) is 3.77. The van der Waals surface area contributed by atoms with Crippen molar-refractivity contribution in [1.82, 2.24) is 20.2 Å². The number of amides is 1. The maximum Gasteiger partial charge on any atom is 0.340 e. The lowest BCUT2D eigenvalue weighted by atomic mass is 10.2. The first kappa shape index (κ1) is 15.1. The molecule has 126 valence electrons. The van der Waals surface area contributed by atoms with Gasteiger partial charge in [-0.05, 0) is 30.2 Å². The number of aromatic amines is 2. The summed E-state index contributed by atoms with van der Waals surface area (Å²) in [5, 5.41) is 9.14. The van der Waals surface area contributed by atoms with Crippen molar-refractivity contribution in [2.24, 2.45) is 0 Å². The average molecular weight is 336 g/mol. The first-order valence-corrected chi connectivity index (χ1v) is 7.94. The Morgan fingerprint density at radius 2 is 2.12 bits per heavy atom. The van der Waals surface area contributed by atoms with Crippen molar-refractivity contribution in [1.29, 1.82) is 0 Å². The van der Waals surface area contributed by atoms with E-state index in [1.165, 1.54) is 5.56 Å². The van der Waals surface area contributed by atoms with Crippen molar-refractivity contribution in [3.05, 3.63) is 70.0 Å². The molecule has 1 amide bonds. The number of carbonyl (C=O) groups excluding carboxylic acids is 1. The summed E-state index contributed by atoms with van der Waals surface area (Å²) in [6.07, 6.45) is 2.43. The van der Waals surface area contributed by atoms with Gasteiger partial charge in [0.25, 0.3) is 5.91 Å². The minimum absolute atomic E-state index is 0.0550. The lowest BCUT2D eigenvalue weighted by Gasteiger charge is -2.17. The Balaban J connectivity index is 1.45. The van der Waals surface area contributed by atoms with E-state index in [-0.39, 0.29) is 11.6 Å². The molecular weight excluding hydrogens is 320 g/mol. The van der Waals surface area contributed by atoms with E-state index in [1.807, 2.05) is 24.3 Å². The van der Waals surface area contributed by atoms with Crippen LogP contribution < -0.4 is 15.9 Å². The standard InChI is InChI=1S/C17H16N6O2/c24-16(23-8-7-11-3-1-2-4-13(11)23)12-5-6-14(18-9-12)19-10-15-20-17(25)22-21-15/h1-6,9H,7-8,10H2,(H,18,19)(H2,20,21,22,25). The number of H-pyrrole nitrogens is 2. The summed E-state index contributed by atoms with van der Waals surface area (Å²) >= 11 is 0. The predicted octanol–water partition coefficient (Wildman–Crippen LogP) is 1.31. The van der Waals surface area contributed by atoms with Crippen LogP contribution in [0, 0.1) is 0 Å². The third kappa shape index (κ3) is 3.01. The third-order valence-corrected chi connectivity index (χ3v) is 4.13. The normalized spacial score (nSPS) is 12.9. The minimum atomic E-state index is -0.350. The van der Waals surface area contributed by atoms with Crippen LogP contribution in [-0.4, -0.2) is 32.6 Å². The number of fused-ring (bicyclic) bond motifs is 1. The summed E-state index contributed by atoms with van der Waals surface area (Å²) in [6, 6.07) is 11.4. The van der Waals surface area contributed by atoms with Crippen molar-refractivity contribution < 1.29 is 4.79 Å². The SMILES string of the molecule is O=C(c1ccc(NCc2n[nH]c(=O)[nH]2)nc1)N1CCc2ccccc21. The van der Waals surface area contributed by atoms with Gasteiger partial charge in [-0.2, -0.15) is 5.10 Å². The second kappa shape index (κ2) is 6.23. The van der Waals surface area contributed by atoms with Gasteiger partial charge in [-0.25, -0.2) is 14.9 Å². The Morgan fingerprint density at radius 1 is 1.24 bits per heavy atom. The molecule has 0 saturated carbocycles. The van der Waals surface area contributed by atoms with E-state index in [0.29, 0.717) is 30.3 Å². The zero-order valence-electron chi connectivity index (χ0n) is 13.3. The van der Waals surface area contributed by atoms with Gasteiger partial charge in [0, 0.05) is 18.4 Å². The summed E-state index contributed by atoms with van der Waals surface area (Å²) in [5.41, 5.74) is 2.35. The molecule has 3 N–H and O–H groups in total. The first-order chi connectivity index (χ1) is 12.2. The summed E-state index contributed by atoms with van der Waals surface area (Å²) in [5.74, 6) is 1.03. The number of carbonyl (C=O) groups is 1. The van der Waals surface area contributed by atoms with Gasteiger partial charge in [0.15, 0.2) is 0 Å². The summed E-state index contributed by atoms with van der Waals surface area (Å²) in [4.78, 5) is 32.3. The smallest absolute Gasteiger partial charge is 0.340 e. The average Bonchev–Trinajstić information content (AvgIpc) is 3.26. The van der Waals surface area contributed by atoms with Gasteiger partial charge in [-0.15, -0.1) is 0 Å². The van der Waals surface area contributed by atoms with Crippen LogP contribution in [0.2, 0.25) is 0 Å².